The molecule has 0 unspecified atom stereocenters. The Morgan fingerprint density at radius 3 is 1.92 bits per heavy atom. The van der Waals surface area contributed by atoms with Gasteiger partial charge in [-0.15, -0.1) is 0 Å². The fourth-order valence-electron chi connectivity index (χ4n) is 3.84. The molecule has 0 aliphatic carbocycles. The van der Waals surface area contributed by atoms with Crippen molar-refractivity contribution in [2.75, 3.05) is 12.3 Å². The highest BCUT2D eigenvalue weighted by molar-refractivity contribution is 8.13. The van der Waals surface area contributed by atoms with E-state index in [-0.39, 0.29) is 35.8 Å². The molecule has 214 valence electrons. The number of unbranched alkanes of at least 4 members (excludes halogenated alkanes) is 10. The standard InChI is InChI=1S/C27H50N4O5S/c1-4-5-6-7-8-9-10-11-12-13-14-15-25(34)31-23(20-24(28)33)27(36)30-21(2)16-17-26(35)37-19-18-29-22(3)32/h21,23H,4-20H2,1-3H3,(H2,28,33)(H,29,32)(H,30,36)(H,31,34)/t21-,23+/m0/s1. The van der Waals surface area contributed by atoms with E-state index in [1.807, 2.05) is 0 Å². The molecule has 0 aromatic rings. The summed E-state index contributed by atoms with van der Waals surface area (Å²) >= 11 is 1.14. The van der Waals surface area contributed by atoms with Crippen molar-refractivity contribution >= 4 is 40.5 Å². The van der Waals surface area contributed by atoms with Crippen LogP contribution >= 0.6 is 11.8 Å². The fraction of sp³-hybridized carbons (Fsp3) is 0.815. The number of amides is 4. The number of primary amides is 1. The molecule has 0 aromatic carbocycles. The molecular formula is C27H50N4O5S. The number of hydrogen-bond acceptors (Lipinski definition) is 6. The molecule has 0 spiro atoms. The number of rotatable bonds is 23. The smallest absolute Gasteiger partial charge is 0.243 e. The third kappa shape index (κ3) is 22.8. The van der Waals surface area contributed by atoms with Gasteiger partial charge in [0.25, 0.3) is 0 Å². The van der Waals surface area contributed by atoms with Crippen LogP contribution in [0.3, 0.4) is 0 Å². The normalized spacial score (nSPS) is 12.4. The van der Waals surface area contributed by atoms with Gasteiger partial charge in [-0.25, -0.2) is 0 Å². The average Bonchev–Trinajstić information content (AvgIpc) is 2.83. The van der Waals surface area contributed by atoms with Crippen molar-refractivity contribution in [1.29, 1.82) is 0 Å². The second-order valence-corrected chi connectivity index (χ2v) is 10.9. The lowest BCUT2D eigenvalue weighted by molar-refractivity contribution is -0.131. The van der Waals surface area contributed by atoms with Crippen LogP contribution in [0, 0.1) is 0 Å². The summed E-state index contributed by atoms with van der Waals surface area (Å²) in [6, 6.07) is -1.34. The van der Waals surface area contributed by atoms with Gasteiger partial charge < -0.3 is 21.7 Å². The van der Waals surface area contributed by atoms with Crippen molar-refractivity contribution in [2.45, 2.75) is 129 Å². The Labute approximate surface area is 227 Å². The largest absolute Gasteiger partial charge is 0.370 e. The Morgan fingerprint density at radius 1 is 0.811 bits per heavy atom. The maximum absolute atomic E-state index is 12.6. The fourth-order valence-corrected chi connectivity index (χ4v) is 4.53. The first-order valence-corrected chi connectivity index (χ1v) is 14.9. The summed E-state index contributed by atoms with van der Waals surface area (Å²) in [5.74, 6) is -1.07. The zero-order valence-electron chi connectivity index (χ0n) is 23.2. The molecule has 10 heteroatoms. The molecule has 0 saturated heterocycles. The maximum Gasteiger partial charge on any atom is 0.243 e. The highest BCUT2D eigenvalue weighted by Crippen LogP contribution is 2.12. The number of carbonyl (C=O) groups excluding carboxylic acids is 5. The van der Waals surface area contributed by atoms with Gasteiger partial charge in [-0.2, -0.15) is 0 Å². The van der Waals surface area contributed by atoms with Crippen molar-refractivity contribution in [3.05, 3.63) is 0 Å². The molecule has 0 fully saturated rings. The third-order valence-corrected chi connectivity index (χ3v) is 6.91. The monoisotopic (exact) mass is 542 g/mol. The van der Waals surface area contributed by atoms with E-state index in [1.165, 1.54) is 58.3 Å². The molecule has 37 heavy (non-hydrogen) atoms. The van der Waals surface area contributed by atoms with E-state index in [0.717, 1.165) is 31.0 Å². The Kier molecular flexibility index (Phi) is 21.7. The molecule has 9 nitrogen and oxygen atoms in total. The Balaban J connectivity index is 4.18. The van der Waals surface area contributed by atoms with Crippen LogP contribution in [0.2, 0.25) is 0 Å². The van der Waals surface area contributed by atoms with Crippen LogP contribution in [0.4, 0.5) is 0 Å². The lowest BCUT2D eigenvalue weighted by Gasteiger charge is -2.20. The summed E-state index contributed by atoms with van der Waals surface area (Å²) in [7, 11) is 0. The van der Waals surface area contributed by atoms with Gasteiger partial charge >= 0.3 is 0 Å². The van der Waals surface area contributed by atoms with Crippen molar-refractivity contribution in [3.8, 4) is 0 Å². The Bertz CT molecular complexity index is 690. The van der Waals surface area contributed by atoms with Crippen LogP contribution in [0.1, 0.15) is 117 Å². The van der Waals surface area contributed by atoms with Gasteiger partial charge in [0.1, 0.15) is 6.04 Å². The van der Waals surface area contributed by atoms with E-state index in [1.54, 1.807) is 6.92 Å². The van der Waals surface area contributed by atoms with Crippen molar-refractivity contribution in [1.82, 2.24) is 16.0 Å². The maximum atomic E-state index is 12.6. The summed E-state index contributed by atoms with van der Waals surface area (Å²) in [5, 5.41) is 8.00. The molecule has 0 saturated carbocycles. The van der Waals surface area contributed by atoms with E-state index < -0.39 is 17.9 Å². The third-order valence-electron chi connectivity index (χ3n) is 5.97. The Hall–Kier alpha value is -2.10. The van der Waals surface area contributed by atoms with Crippen LogP contribution in [-0.4, -0.2) is 53.1 Å². The highest BCUT2D eigenvalue weighted by Gasteiger charge is 2.24. The first-order valence-electron chi connectivity index (χ1n) is 13.9. The molecule has 0 rings (SSSR count). The lowest BCUT2D eigenvalue weighted by atomic mass is 10.0. The van der Waals surface area contributed by atoms with Crippen LogP contribution < -0.4 is 21.7 Å². The number of nitrogens with two attached hydrogens (primary N) is 1. The number of carbonyl (C=O) groups is 5. The minimum absolute atomic E-state index is 0.0274. The lowest BCUT2D eigenvalue weighted by Crippen LogP contribution is -2.50. The van der Waals surface area contributed by atoms with Gasteiger partial charge in [0.15, 0.2) is 5.12 Å². The molecule has 2 atom stereocenters. The van der Waals surface area contributed by atoms with Crippen LogP contribution in [0.25, 0.3) is 0 Å². The summed E-state index contributed by atoms with van der Waals surface area (Å²) in [6.45, 7) is 5.83. The number of nitrogens with one attached hydrogen (secondary N) is 3. The van der Waals surface area contributed by atoms with Crippen LogP contribution in [0.15, 0.2) is 0 Å². The zero-order valence-corrected chi connectivity index (χ0v) is 24.0. The minimum atomic E-state index is -1.03. The number of thioether (sulfide) groups is 1. The van der Waals surface area contributed by atoms with Gasteiger partial charge in [0.05, 0.1) is 6.42 Å². The van der Waals surface area contributed by atoms with Crippen molar-refractivity contribution < 1.29 is 24.0 Å². The molecule has 0 aliphatic rings. The number of hydrogen-bond donors (Lipinski definition) is 4. The first-order chi connectivity index (χ1) is 17.6. The van der Waals surface area contributed by atoms with E-state index in [4.69, 9.17) is 5.73 Å². The van der Waals surface area contributed by atoms with Crippen LogP contribution in [-0.2, 0) is 24.0 Å². The quantitative estimate of drug-likeness (QED) is 0.145. The predicted octanol–water partition coefficient (Wildman–Crippen LogP) is 3.73. The molecule has 4 amide bonds. The topological polar surface area (TPSA) is 147 Å². The molecule has 5 N–H and O–H groups in total. The summed E-state index contributed by atoms with van der Waals surface area (Å²) in [5.41, 5.74) is 5.28. The van der Waals surface area contributed by atoms with E-state index in [2.05, 4.69) is 22.9 Å². The molecule has 0 aliphatic heterocycles. The molecule has 0 heterocycles. The highest BCUT2D eigenvalue weighted by atomic mass is 32.2. The second kappa shape index (κ2) is 23.0. The van der Waals surface area contributed by atoms with Crippen molar-refractivity contribution in [3.63, 3.8) is 0 Å². The van der Waals surface area contributed by atoms with Gasteiger partial charge in [-0.1, -0.05) is 82.9 Å². The van der Waals surface area contributed by atoms with Gasteiger partial charge in [-0.3, -0.25) is 24.0 Å². The average molecular weight is 543 g/mol. The van der Waals surface area contributed by atoms with E-state index in [0.29, 0.717) is 25.1 Å². The summed E-state index contributed by atoms with van der Waals surface area (Å²) < 4.78 is 0. The molecule has 0 bridgehead atoms. The molecule has 0 radical (unpaired) electrons. The minimum Gasteiger partial charge on any atom is -0.370 e. The molecular weight excluding hydrogens is 492 g/mol. The first kappa shape index (κ1) is 34.9. The van der Waals surface area contributed by atoms with E-state index in [9.17, 15) is 24.0 Å². The second-order valence-electron chi connectivity index (χ2n) is 9.73. The van der Waals surface area contributed by atoms with Gasteiger partial charge in [0, 0.05) is 38.1 Å². The predicted molar refractivity (Wildman–Crippen MR) is 150 cm³/mol. The van der Waals surface area contributed by atoms with E-state index >= 15 is 0 Å². The van der Waals surface area contributed by atoms with Gasteiger partial charge in [-0.05, 0) is 19.8 Å². The molecule has 0 aromatic heterocycles. The zero-order chi connectivity index (χ0) is 27.9. The van der Waals surface area contributed by atoms with Crippen LogP contribution in [0.5, 0.6) is 0 Å². The van der Waals surface area contributed by atoms with Crippen molar-refractivity contribution in [2.24, 2.45) is 5.73 Å². The summed E-state index contributed by atoms with van der Waals surface area (Å²) in [4.78, 5) is 59.2. The Morgan fingerprint density at radius 2 is 1.38 bits per heavy atom. The summed E-state index contributed by atoms with van der Waals surface area (Å²) in [6.07, 6.45) is 13.8. The SMILES string of the molecule is CCCCCCCCCCCCCC(=O)N[C@H](CC(N)=O)C(=O)N[C@@H](C)CCC(=O)SCCNC(C)=O. The van der Waals surface area contributed by atoms with Gasteiger partial charge in [0.2, 0.25) is 23.6 Å².